The number of hydrogen-bond acceptors (Lipinski definition) is 5. The highest BCUT2D eigenvalue weighted by Gasteiger charge is 2.35. The molecule has 5 rings (SSSR count). The summed E-state index contributed by atoms with van der Waals surface area (Å²) in [5, 5.41) is 9.11. The summed E-state index contributed by atoms with van der Waals surface area (Å²) in [6, 6.07) is 10.7. The molecule has 1 saturated carbocycles. The zero-order chi connectivity index (χ0) is 24.9. The average molecular weight is 496 g/mol. The molecule has 1 aliphatic rings. The molecule has 0 radical (unpaired) electrons. The highest BCUT2D eigenvalue weighted by atomic mass is 32.2. The van der Waals surface area contributed by atoms with Gasteiger partial charge in [-0.1, -0.05) is 0 Å². The van der Waals surface area contributed by atoms with Crippen LogP contribution in [0.3, 0.4) is 0 Å². The molecule has 0 saturated heterocycles. The van der Waals surface area contributed by atoms with Crippen LogP contribution in [-0.4, -0.2) is 23.2 Å². The van der Waals surface area contributed by atoms with Crippen molar-refractivity contribution in [3.63, 3.8) is 0 Å². The summed E-state index contributed by atoms with van der Waals surface area (Å²) in [4.78, 5) is 15.5. The Labute approximate surface area is 198 Å². The Bertz CT molecular complexity index is 1700. The maximum absolute atomic E-state index is 14.3. The summed E-state index contributed by atoms with van der Waals surface area (Å²) in [5.41, 5.74) is 1.11. The number of nitrogens with zero attached hydrogens (tertiary/aromatic N) is 2. The van der Waals surface area contributed by atoms with Gasteiger partial charge in [-0.25, -0.2) is 17.2 Å². The third-order valence-corrected chi connectivity index (χ3v) is 7.56. The van der Waals surface area contributed by atoms with Gasteiger partial charge in [-0.05, 0) is 49.2 Å². The minimum atomic E-state index is -3.58. The predicted molar refractivity (Wildman–Crippen MR) is 126 cm³/mol. The van der Waals surface area contributed by atoms with Crippen LogP contribution >= 0.6 is 0 Å². The largest absolute Gasteiger partial charge is 0.454 e. The van der Waals surface area contributed by atoms with Gasteiger partial charge >= 0.3 is 0 Å². The van der Waals surface area contributed by atoms with Gasteiger partial charge in [-0.2, -0.15) is 5.26 Å². The number of aryl methyl sites for hydroxylation is 1. The van der Waals surface area contributed by atoms with Gasteiger partial charge < -0.3 is 14.3 Å². The lowest BCUT2D eigenvalue weighted by atomic mass is 10.0. The maximum Gasteiger partial charge on any atom is 0.259 e. The number of ether oxygens (including phenoxy) is 1. The number of benzene rings is 2. The second kappa shape index (κ2) is 8.25. The van der Waals surface area contributed by atoms with E-state index in [1.54, 1.807) is 0 Å². The number of H-pyrrole nitrogens is 1. The van der Waals surface area contributed by atoms with E-state index >= 15 is 0 Å². The van der Waals surface area contributed by atoms with E-state index in [2.05, 4.69) is 9.71 Å². The van der Waals surface area contributed by atoms with Crippen LogP contribution in [0, 0.1) is 23.0 Å². The van der Waals surface area contributed by atoms with Crippen LogP contribution < -0.4 is 15.0 Å². The zero-order valence-electron chi connectivity index (χ0n) is 18.3. The van der Waals surface area contributed by atoms with E-state index < -0.39 is 26.9 Å². The third kappa shape index (κ3) is 4.24. The van der Waals surface area contributed by atoms with Crippen LogP contribution in [0.4, 0.5) is 14.5 Å². The number of aromatic amines is 1. The van der Waals surface area contributed by atoms with E-state index in [9.17, 15) is 27.3 Å². The van der Waals surface area contributed by atoms with E-state index in [0.717, 1.165) is 12.1 Å². The highest BCUT2D eigenvalue weighted by Crippen LogP contribution is 2.39. The van der Waals surface area contributed by atoms with Gasteiger partial charge in [0.05, 0.1) is 16.2 Å². The van der Waals surface area contributed by atoms with Crippen molar-refractivity contribution in [2.45, 2.75) is 18.1 Å². The minimum Gasteiger partial charge on any atom is -0.454 e. The van der Waals surface area contributed by atoms with Gasteiger partial charge in [0, 0.05) is 36.1 Å². The fourth-order valence-electron chi connectivity index (χ4n) is 3.80. The van der Waals surface area contributed by atoms with Crippen molar-refractivity contribution in [1.82, 2.24) is 9.55 Å². The van der Waals surface area contributed by atoms with E-state index in [0.29, 0.717) is 35.6 Å². The van der Waals surface area contributed by atoms with E-state index in [1.165, 1.54) is 42.1 Å². The number of aromatic nitrogens is 2. The molecule has 2 heterocycles. The van der Waals surface area contributed by atoms with Crippen LogP contribution in [-0.2, 0) is 17.1 Å². The van der Waals surface area contributed by atoms with Gasteiger partial charge in [0.2, 0.25) is 10.0 Å². The highest BCUT2D eigenvalue weighted by molar-refractivity contribution is 7.93. The second-order valence-corrected chi connectivity index (χ2v) is 10.2. The van der Waals surface area contributed by atoms with Crippen LogP contribution in [0.1, 0.15) is 18.5 Å². The molecular weight excluding hydrogens is 478 g/mol. The summed E-state index contributed by atoms with van der Waals surface area (Å²) in [6.07, 6.45) is 2.66. The summed E-state index contributed by atoms with van der Waals surface area (Å²) in [6.45, 7) is 0. The molecule has 35 heavy (non-hydrogen) atoms. The lowest BCUT2D eigenvalue weighted by Crippen LogP contribution is -2.17. The molecular formula is C24H18F2N4O4S. The number of nitrogens with one attached hydrogen (secondary N) is 2. The molecule has 0 bridgehead atoms. The molecule has 0 unspecified atom stereocenters. The Kier molecular flexibility index (Phi) is 5.33. The van der Waals surface area contributed by atoms with Crippen molar-refractivity contribution in [1.29, 1.82) is 5.26 Å². The van der Waals surface area contributed by atoms with Crippen molar-refractivity contribution in [3.05, 3.63) is 76.3 Å². The van der Waals surface area contributed by atoms with Crippen molar-refractivity contribution >= 4 is 26.6 Å². The smallest absolute Gasteiger partial charge is 0.259 e. The molecule has 178 valence electrons. The maximum atomic E-state index is 14.3. The van der Waals surface area contributed by atoms with E-state index in [-0.39, 0.29) is 33.8 Å². The number of halogens is 2. The first-order valence-electron chi connectivity index (χ1n) is 10.6. The first kappa shape index (κ1) is 22.6. The van der Waals surface area contributed by atoms with Gasteiger partial charge in [0.15, 0.2) is 11.6 Å². The number of anilines is 1. The molecule has 4 aromatic rings. The minimum absolute atomic E-state index is 0.123. The van der Waals surface area contributed by atoms with Gasteiger partial charge in [0.25, 0.3) is 5.56 Å². The summed E-state index contributed by atoms with van der Waals surface area (Å²) in [5.74, 6) is -1.82. The van der Waals surface area contributed by atoms with Gasteiger partial charge in [-0.15, -0.1) is 0 Å². The lowest BCUT2D eigenvalue weighted by molar-refractivity contribution is 0.439. The van der Waals surface area contributed by atoms with Crippen molar-refractivity contribution < 1.29 is 21.9 Å². The Morgan fingerprint density at radius 3 is 2.54 bits per heavy atom. The molecule has 1 aliphatic carbocycles. The molecule has 0 aliphatic heterocycles. The van der Waals surface area contributed by atoms with Crippen molar-refractivity contribution in [2.75, 3.05) is 4.72 Å². The zero-order valence-corrected chi connectivity index (χ0v) is 19.1. The first-order chi connectivity index (χ1) is 16.7. The lowest BCUT2D eigenvalue weighted by Gasteiger charge is -2.16. The Balaban J connectivity index is 1.71. The fourth-order valence-corrected chi connectivity index (χ4v) is 5.18. The molecule has 2 N–H and O–H groups in total. The van der Waals surface area contributed by atoms with Gasteiger partial charge in [0.1, 0.15) is 23.3 Å². The summed E-state index contributed by atoms with van der Waals surface area (Å²) in [7, 11) is -2.05. The number of nitriles is 1. The predicted octanol–water partition coefficient (Wildman–Crippen LogP) is 4.38. The third-order valence-electron chi connectivity index (χ3n) is 5.69. The Morgan fingerprint density at radius 2 is 1.86 bits per heavy atom. The van der Waals surface area contributed by atoms with Crippen LogP contribution in [0.5, 0.6) is 11.5 Å². The van der Waals surface area contributed by atoms with Gasteiger partial charge in [-0.3, -0.25) is 9.52 Å². The molecule has 0 atom stereocenters. The standard InChI is InChI=1S/C24H18F2N4O4S/c1-30-12-19(23-18(24(30)31)10-15(11-27)28-23)17-9-14(29-35(32,33)16-4-5-16)3-7-21(17)34-22-6-2-13(25)8-20(22)26/h2-3,6-10,12,16,28-29H,4-5H2,1H3. The van der Waals surface area contributed by atoms with E-state index in [1.807, 2.05) is 6.07 Å². The number of sulfonamides is 1. The Morgan fingerprint density at radius 1 is 1.11 bits per heavy atom. The first-order valence-corrected chi connectivity index (χ1v) is 12.1. The summed E-state index contributed by atoms with van der Waals surface area (Å²) < 4.78 is 62.4. The van der Waals surface area contributed by atoms with Crippen LogP contribution in [0.15, 0.2) is 53.5 Å². The number of rotatable bonds is 6. The Hall–Kier alpha value is -4.17. The molecule has 11 heteroatoms. The number of hydrogen-bond donors (Lipinski definition) is 2. The normalized spacial score (nSPS) is 13.5. The van der Waals surface area contributed by atoms with E-state index in [4.69, 9.17) is 4.74 Å². The fraction of sp³-hybridized carbons (Fsp3) is 0.167. The average Bonchev–Trinajstić information content (AvgIpc) is 3.59. The molecule has 0 spiro atoms. The molecule has 2 aromatic carbocycles. The van der Waals surface area contributed by atoms with Crippen LogP contribution in [0.2, 0.25) is 0 Å². The molecule has 8 nitrogen and oxygen atoms in total. The number of fused-ring (bicyclic) bond motifs is 1. The summed E-state index contributed by atoms with van der Waals surface area (Å²) >= 11 is 0. The number of pyridine rings is 1. The van der Waals surface area contributed by atoms with Crippen LogP contribution in [0.25, 0.3) is 22.0 Å². The van der Waals surface area contributed by atoms with Crippen molar-refractivity contribution in [2.24, 2.45) is 7.05 Å². The molecule has 0 amide bonds. The quantitative estimate of drug-likeness (QED) is 0.411. The molecule has 1 fully saturated rings. The molecule has 2 aromatic heterocycles. The topological polar surface area (TPSA) is 117 Å². The SMILES string of the molecule is Cn1cc(-c2cc(NS(=O)(=O)C3CC3)ccc2Oc2ccc(F)cc2F)c2[nH]c(C#N)cc2c1=O. The monoisotopic (exact) mass is 496 g/mol. The van der Waals surface area contributed by atoms with Crippen molar-refractivity contribution in [3.8, 4) is 28.7 Å². The second-order valence-electron chi connectivity index (χ2n) is 8.28.